The average Bonchev–Trinajstić information content (AvgIpc) is 2.90. The Morgan fingerprint density at radius 2 is 1.71 bits per heavy atom. The Morgan fingerprint density at radius 3 is 2.50 bits per heavy atom. The van der Waals surface area contributed by atoms with E-state index in [-0.39, 0.29) is 11.9 Å². The van der Waals surface area contributed by atoms with Crippen LogP contribution in [0.2, 0.25) is 0 Å². The van der Waals surface area contributed by atoms with Crippen molar-refractivity contribution in [1.82, 2.24) is 4.90 Å². The molecule has 2 aliphatic rings. The van der Waals surface area contributed by atoms with Gasteiger partial charge in [0.1, 0.15) is 18.1 Å². The number of piperazine rings is 1. The van der Waals surface area contributed by atoms with Crippen LogP contribution in [0, 0.1) is 0 Å². The van der Waals surface area contributed by atoms with Crippen LogP contribution in [0.15, 0.2) is 78.9 Å². The topological polar surface area (TPSA) is 45.3 Å². The Morgan fingerprint density at radius 1 is 0.941 bits per heavy atom. The van der Waals surface area contributed by atoms with Gasteiger partial charge in [-0.2, -0.15) is 0 Å². The molecule has 34 heavy (non-hydrogen) atoms. The number of rotatable bonds is 6. The lowest BCUT2D eigenvalue weighted by Gasteiger charge is -2.40. The number of hydrogen-bond donors (Lipinski definition) is 0. The molecule has 0 spiro atoms. The fraction of sp³-hybridized carbons (Fsp3) is 0.321. The van der Waals surface area contributed by atoms with Gasteiger partial charge >= 0.3 is 0 Å². The van der Waals surface area contributed by atoms with Gasteiger partial charge in [0, 0.05) is 44.5 Å². The lowest BCUT2D eigenvalue weighted by molar-refractivity contribution is -0.132. The largest absolute Gasteiger partial charge is 0.497 e. The zero-order valence-corrected chi connectivity index (χ0v) is 19.6. The molecule has 6 nitrogen and oxygen atoms in total. The molecule has 0 aromatic heterocycles. The van der Waals surface area contributed by atoms with Crippen LogP contribution < -0.4 is 19.3 Å². The van der Waals surface area contributed by atoms with Gasteiger partial charge in [-0.15, -0.1) is 0 Å². The maximum Gasteiger partial charge on any atom is 0.224 e. The van der Waals surface area contributed by atoms with Crippen LogP contribution in [0.1, 0.15) is 12.0 Å². The third-order valence-electron chi connectivity index (χ3n) is 6.70. The second-order valence-corrected chi connectivity index (χ2v) is 8.82. The second-order valence-electron chi connectivity index (χ2n) is 8.82. The van der Waals surface area contributed by atoms with Gasteiger partial charge in [-0.25, -0.2) is 0 Å². The predicted octanol–water partition coefficient (Wildman–Crippen LogP) is 4.20. The number of carbonyl (C=O) groups is 1. The van der Waals surface area contributed by atoms with Gasteiger partial charge in [-0.1, -0.05) is 48.5 Å². The fourth-order valence-corrected chi connectivity index (χ4v) is 4.80. The summed E-state index contributed by atoms with van der Waals surface area (Å²) in [5.74, 6) is 1.93. The summed E-state index contributed by atoms with van der Waals surface area (Å²) in [5, 5.41) is 0. The molecule has 5 rings (SSSR count). The number of amides is 1. The summed E-state index contributed by atoms with van der Waals surface area (Å²) >= 11 is 0. The van der Waals surface area contributed by atoms with Gasteiger partial charge in [-0.05, 0) is 29.8 Å². The summed E-state index contributed by atoms with van der Waals surface area (Å²) in [6.45, 7) is 4.34. The number of benzene rings is 3. The number of hydrogen-bond acceptors (Lipinski definition) is 5. The SMILES string of the molecule is COc1cccc(N2CCN(C(=O)C[C@H]3COc4ccccc4N3Cc3ccccc3)CC2)c1. The first-order valence-corrected chi connectivity index (χ1v) is 11.9. The van der Waals surface area contributed by atoms with Crippen molar-refractivity contribution in [1.29, 1.82) is 0 Å². The van der Waals surface area contributed by atoms with Crippen molar-refractivity contribution in [3.63, 3.8) is 0 Å². The maximum absolute atomic E-state index is 13.3. The molecule has 1 amide bonds. The van der Waals surface area contributed by atoms with Crippen molar-refractivity contribution in [3.05, 3.63) is 84.4 Å². The minimum absolute atomic E-state index is 0.000907. The van der Waals surface area contributed by atoms with E-state index in [9.17, 15) is 4.79 Å². The Hall–Kier alpha value is -3.67. The number of carbonyl (C=O) groups excluding carboxylic acids is 1. The quantitative estimate of drug-likeness (QED) is 0.555. The van der Waals surface area contributed by atoms with Gasteiger partial charge in [0.05, 0.1) is 25.3 Å². The number of anilines is 2. The van der Waals surface area contributed by atoms with Crippen molar-refractivity contribution in [2.45, 2.75) is 19.0 Å². The maximum atomic E-state index is 13.3. The molecule has 1 fully saturated rings. The average molecular weight is 458 g/mol. The van der Waals surface area contributed by atoms with E-state index < -0.39 is 0 Å². The van der Waals surface area contributed by atoms with Crippen LogP contribution in [0.5, 0.6) is 11.5 Å². The third-order valence-corrected chi connectivity index (χ3v) is 6.70. The summed E-state index contributed by atoms with van der Waals surface area (Å²) in [6, 6.07) is 26.6. The monoisotopic (exact) mass is 457 g/mol. The smallest absolute Gasteiger partial charge is 0.224 e. The molecule has 0 saturated carbocycles. The van der Waals surface area contributed by atoms with Crippen molar-refractivity contribution in [2.75, 3.05) is 49.7 Å². The molecular formula is C28H31N3O3. The Kier molecular flexibility index (Phi) is 6.56. The van der Waals surface area contributed by atoms with Crippen molar-refractivity contribution >= 4 is 17.3 Å². The highest BCUT2D eigenvalue weighted by Gasteiger charge is 2.31. The number of fused-ring (bicyclic) bond motifs is 1. The van der Waals surface area contributed by atoms with Gasteiger partial charge in [-0.3, -0.25) is 4.79 Å². The first kappa shape index (κ1) is 22.1. The lowest BCUT2D eigenvalue weighted by Crippen LogP contribution is -2.51. The zero-order chi connectivity index (χ0) is 23.3. The van der Waals surface area contributed by atoms with E-state index in [1.54, 1.807) is 7.11 Å². The van der Waals surface area contributed by atoms with Crippen LogP contribution >= 0.6 is 0 Å². The molecule has 6 heteroatoms. The van der Waals surface area contributed by atoms with E-state index in [1.165, 1.54) is 5.56 Å². The first-order valence-electron chi connectivity index (χ1n) is 11.9. The van der Waals surface area contributed by atoms with E-state index in [4.69, 9.17) is 9.47 Å². The molecule has 0 bridgehead atoms. The van der Waals surface area contributed by atoms with Crippen LogP contribution in [-0.2, 0) is 11.3 Å². The lowest BCUT2D eigenvalue weighted by atomic mass is 10.1. The second kappa shape index (κ2) is 10.1. The molecule has 0 radical (unpaired) electrons. The van der Waals surface area contributed by atoms with Crippen LogP contribution in [0.25, 0.3) is 0 Å². The highest BCUT2D eigenvalue weighted by molar-refractivity contribution is 5.78. The highest BCUT2D eigenvalue weighted by Crippen LogP contribution is 2.35. The molecular weight excluding hydrogens is 426 g/mol. The molecule has 2 aliphatic heterocycles. The molecule has 1 saturated heterocycles. The van der Waals surface area contributed by atoms with E-state index in [1.807, 2.05) is 41.3 Å². The standard InChI is InChI=1S/C28H31N3O3/c1-33-25-11-7-10-23(18-25)29-14-16-30(17-15-29)28(32)19-24-21-34-27-13-6-5-12-26(27)31(24)20-22-8-3-2-4-9-22/h2-13,18,24H,14-17,19-21H2,1H3/t24-/m0/s1. The summed E-state index contributed by atoms with van der Waals surface area (Å²) in [5.41, 5.74) is 3.42. The summed E-state index contributed by atoms with van der Waals surface area (Å²) in [6.07, 6.45) is 0.445. The molecule has 3 aromatic carbocycles. The molecule has 176 valence electrons. The number of ether oxygens (including phenoxy) is 2. The van der Waals surface area contributed by atoms with E-state index >= 15 is 0 Å². The number of methoxy groups -OCH3 is 1. The van der Waals surface area contributed by atoms with E-state index in [0.29, 0.717) is 13.0 Å². The van der Waals surface area contributed by atoms with Crippen LogP contribution in [-0.4, -0.2) is 56.7 Å². The Bertz CT molecular complexity index is 1110. The van der Waals surface area contributed by atoms with Gasteiger partial charge < -0.3 is 24.2 Å². The summed E-state index contributed by atoms with van der Waals surface area (Å²) in [4.78, 5) is 20.0. The number of para-hydroxylation sites is 2. The van der Waals surface area contributed by atoms with Crippen molar-refractivity contribution in [3.8, 4) is 11.5 Å². The number of nitrogens with zero attached hydrogens (tertiary/aromatic N) is 3. The molecule has 0 unspecified atom stereocenters. The van der Waals surface area contributed by atoms with Gasteiger partial charge in [0.25, 0.3) is 0 Å². The predicted molar refractivity (Wildman–Crippen MR) is 135 cm³/mol. The first-order chi connectivity index (χ1) is 16.7. The highest BCUT2D eigenvalue weighted by atomic mass is 16.5. The van der Waals surface area contributed by atoms with Crippen LogP contribution in [0.3, 0.4) is 0 Å². The molecule has 2 heterocycles. The third kappa shape index (κ3) is 4.81. The minimum Gasteiger partial charge on any atom is -0.497 e. The Balaban J connectivity index is 1.25. The molecule has 0 aliphatic carbocycles. The summed E-state index contributed by atoms with van der Waals surface area (Å²) < 4.78 is 11.4. The van der Waals surface area contributed by atoms with E-state index in [0.717, 1.165) is 55.6 Å². The fourth-order valence-electron chi connectivity index (χ4n) is 4.80. The van der Waals surface area contributed by atoms with Crippen molar-refractivity contribution in [2.24, 2.45) is 0 Å². The molecule has 0 N–H and O–H groups in total. The Labute approximate surface area is 201 Å². The van der Waals surface area contributed by atoms with E-state index in [2.05, 4.69) is 52.3 Å². The summed E-state index contributed by atoms with van der Waals surface area (Å²) in [7, 11) is 1.68. The minimum atomic E-state index is -0.000907. The van der Waals surface area contributed by atoms with Crippen molar-refractivity contribution < 1.29 is 14.3 Å². The molecule has 3 aromatic rings. The zero-order valence-electron chi connectivity index (χ0n) is 19.6. The van der Waals surface area contributed by atoms with Crippen LogP contribution in [0.4, 0.5) is 11.4 Å². The molecule has 1 atom stereocenters. The van der Waals surface area contributed by atoms with Gasteiger partial charge in [0.2, 0.25) is 5.91 Å². The van der Waals surface area contributed by atoms with Gasteiger partial charge in [0.15, 0.2) is 0 Å². The normalized spacial score (nSPS) is 17.7.